The smallest absolute Gasteiger partial charge is 0.253 e. The fraction of sp³-hybridized carbons (Fsp3) is 0.556. The second-order valence-electron chi connectivity index (χ2n) is 6.94. The van der Waals surface area contributed by atoms with Crippen LogP contribution in [0.25, 0.3) is 0 Å². The quantitative estimate of drug-likeness (QED) is 0.861. The van der Waals surface area contributed by atoms with E-state index >= 15 is 0 Å². The summed E-state index contributed by atoms with van der Waals surface area (Å²) in [6.45, 7) is 3.67. The Hall–Kier alpha value is -1.90. The van der Waals surface area contributed by atoms with Crippen LogP contribution in [-0.4, -0.2) is 46.8 Å². The number of nitrogens with zero attached hydrogens (tertiary/aromatic N) is 2. The fourth-order valence-corrected chi connectivity index (χ4v) is 3.66. The van der Waals surface area contributed by atoms with Gasteiger partial charge in [0.05, 0.1) is 29.4 Å². The normalized spacial score (nSPS) is 26.7. The Morgan fingerprint density at radius 3 is 2.74 bits per heavy atom. The molecule has 0 radical (unpaired) electrons. The van der Waals surface area contributed by atoms with Gasteiger partial charge in [0, 0.05) is 25.1 Å². The monoisotopic (exact) mass is 314 g/mol. The van der Waals surface area contributed by atoms with Crippen molar-refractivity contribution >= 4 is 5.91 Å². The number of amides is 1. The van der Waals surface area contributed by atoms with Crippen molar-refractivity contribution in [3.63, 3.8) is 0 Å². The zero-order valence-corrected chi connectivity index (χ0v) is 13.4. The highest BCUT2D eigenvalue weighted by atomic mass is 16.5. The highest BCUT2D eigenvalue weighted by Gasteiger charge is 2.44. The van der Waals surface area contributed by atoms with Crippen molar-refractivity contribution in [2.75, 3.05) is 19.7 Å². The van der Waals surface area contributed by atoms with E-state index in [9.17, 15) is 9.90 Å². The second-order valence-corrected chi connectivity index (χ2v) is 6.94. The Kier molecular flexibility index (Phi) is 4.13. The summed E-state index contributed by atoms with van der Waals surface area (Å²) in [5.74, 6) is -0.0421. The van der Waals surface area contributed by atoms with Gasteiger partial charge in [0.1, 0.15) is 0 Å². The fourth-order valence-electron chi connectivity index (χ4n) is 3.66. The Bertz CT molecular complexity index is 640. The van der Waals surface area contributed by atoms with Gasteiger partial charge in [0.15, 0.2) is 0 Å². The third-order valence-electron chi connectivity index (χ3n) is 4.95. The van der Waals surface area contributed by atoms with Crippen LogP contribution in [0.2, 0.25) is 0 Å². The Morgan fingerprint density at radius 2 is 2.09 bits per heavy atom. The molecule has 0 bridgehead atoms. The number of benzene rings is 1. The lowest BCUT2D eigenvalue weighted by Crippen LogP contribution is -2.54. The van der Waals surface area contributed by atoms with E-state index < -0.39 is 5.60 Å². The van der Waals surface area contributed by atoms with Crippen LogP contribution in [0.1, 0.15) is 48.5 Å². The van der Waals surface area contributed by atoms with E-state index in [1.165, 1.54) is 0 Å². The molecule has 1 aromatic carbocycles. The largest absolute Gasteiger partial charge is 0.390 e. The first-order valence-corrected chi connectivity index (χ1v) is 8.09. The molecule has 23 heavy (non-hydrogen) atoms. The third-order valence-corrected chi connectivity index (χ3v) is 4.95. The van der Waals surface area contributed by atoms with Crippen LogP contribution in [0.4, 0.5) is 0 Å². The van der Waals surface area contributed by atoms with Gasteiger partial charge >= 0.3 is 0 Å². The van der Waals surface area contributed by atoms with Crippen LogP contribution in [0.15, 0.2) is 24.3 Å². The number of carbonyl (C=O) groups excluding carboxylic acids is 1. The first-order valence-electron chi connectivity index (χ1n) is 8.09. The summed E-state index contributed by atoms with van der Waals surface area (Å²) < 4.78 is 5.97. The zero-order chi connectivity index (χ0) is 16.5. The Balaban J connectivity index is 1.67. The predicted octanol–water partition coefficient (Wildman–Crippen LogP) is 2.09. The summed E-state index contributed by atoms with van der Waals surface area (Å²) in [4.78, 5) is 14.4. The number of rotatable bonds is 1. The van der Waals surface area contributed by atoms with Crippen molar-refractivity contribution in [3.05, 3.63) is 35.4 Å². The average molecular weight is 314 g/mol. The van der Waals surface area contributed by atoms with Gasteiger partial charge in [0.2, 0.25) is 0 Å². The molecule has 2 aliphatic heterocycles. The number of aliphatic hydroxyl groups is 1. The molecule has 1 amide bonds. The van der Waals surface area contributed by atoms with Gasteiger partial charge in [-0.2, -0.15) is 5.26 Å². The van der Waals surface area contributed by atoms with E-state index in [-0.39, 0.29) is 11.5 Å². The van der Waals surface area contributed by atoms with Crippen molar-refractivity contribution in [1.82, 2.24) is 4.90 Å². The molecule has 1 N–H and O–H groups in total. The maximum atomic E-state index is 12.6. The van der Waals surface area contributed by atoms with Crippen molar-refractivity contribution in [2.24, 2.45) is 0 Å². The van der Waals surface area contributed by atoms with Crippen LogP contribution >= 0.6 is 0 Å². The summed E-state index contributed by atoms with van der Waals surface area (Å²) in [6.07, 6.45) is 2.78. The zero-order valence-electron chi connectivity index (χ0n) is 13.4. The molecule has 1 aromatic rings. The first kappa shape index (κ1) is 16.0. The summed E-state index contributed by atoms with van der Waals surface area (Å²) in [5.41, 5.74) is 0.0750. The van der Waals surface area contributed by atoms with Gasteiger partial charge in [-0.1, -0.05) is 6.07 Å². The molecule has 5 nitrogen and oxygen atoms in total. The number of piperidine rings is 1. The lowest BCUT2D eigenvalue weighted by molar-refractivity contribution is -0.170. The molecule has 2 aliphatic rings. The molecular weight excluding hydrogens is 292 g/mol. The SMILES string of the molecule is CC1(O)CCOC2(CCN(C(=O)c3cccc(C#N)c3)CC2)C1. The highest BCUT2D eigenvalue weighted by Crippen LogP contribution is 2.39. The lowest BCUT2D eigenvalue weighted by atomic mass is 9.78. The van der Waals surface area contributed by atoms with Crippen molar-refractivity contribution in [3.8, 4) is 6.07 Å². The summed E-state index contributed by atoms with van der Waals surface area (Å²) >= 11 is 0. The van der Waals surface area contributed by atoms with Crippen LogP contribution in [0, 0.1) is 11.3 Å². The van der Waals surface area contributed by atoms with Gasteiger partial charge in [-0.3, -0.25) is 4.79 Å². The molecule has 122 valence electrons. The van der Waals surface area contributed by atoms with Gasteiger partial charge < -0.3 is 14.7 Å². The highest BCUT2D eigenvalue weighted by molar-refractivity contribution is 5.94. The van der Waals surface area contributed by atoms with E-state index in [1.807, 2.05) is 11.8 Å². The van der Waals surface area contributed by atoms with E-state index in [1.54, 1.807) is 24.3 Å². The number of nitriles is 1. The molecule has 3 rings (SSSR count). The average Bonchev–Trinajstić information content (AvgIpc) is 2.54. The summed E-state index contributed by atoms with van der Waals surface area (Å²) in [6, 6.07) is 8.87. The molecular formula is C18H22N2O3. The molecule has 1 unspecified atom stereocenters. The van der Waals surface area contributed by atoms with E-state index in [0.29, 0.717) is 43.7 Å². The Labute approximate surface area is 136 Å². The second kappa shape index (κ2) is 5.95. The van der Waals surface area contributed by atoms with Gasteiger partial charge in [-0.15, -0.1) is 0 Å². The molecule has 2 fully saturated rings. The minimum absolute atomic E-state index is 0.0421. The first-order chi connectivity index (χ1) is 10.9. The Morgan fingerprint density at radius 1 is 1.35 bits per heavy atom. The van der Waals surface area contributed by atoms with Gasteiger partial charge in [-0.25, -0.2) is 0 Å². The topological polar surface area (TPSA) is 73.6 Å². The van der Waals surface area contributed by atoms with Gasteiger partial charge in [-0.05, 0) is 44.4 Å². The minimum atomic E-state index is -0.675. The standard InChI is InChI=1S/C18H22N2O3/c1-17(22)7-10-23-18(13-17)5-8-20(9-6-18)16(21)15-4-2-3-14(11-15)12-19/h2-4,11,22H,5-10,13H2,1H3. The molecule has 5 heteroatoms. The molecule has 2 saturated heterocycles. The molecule has 1 atom stereocenters. The van der Waals surface area contributed by atoms with Crippen molar-refractivity contribution < 1.29 is 14.6 Å². The van der Waals surface area contributed by atoms with Crippen LogP contribution in [0.3, 0.4) is 0 Å². The molecule has 0 aromatic heterocycles. The molecule has 0 saturated carbocycles. The number of carbonyl (C=O) groups is 1. The molecule has 0 aliphatic carbocycles. The predicted molar refractivity (Wildman–Crippen MR) is 84.8 cm³/mol. The van der Waals surface area contributed by atoms with E-state index in [0.717, 1.165) is 12.8 Å². The number of likely N-dealkylation sites (tertiary alicyclic amines) is 1. The number of hydrogen-bond acceptors (Lipinski definition) is 4. The lowest BCUT2D eigenvalue weighted by Gasteiger charge is -2.48. The molecule has 1 spiro atoms. The van der Waals surface area contributed by atoms with Gasteiger partial charge in [0.25, 0.3) is 5.91 Å². The van der Waals surface area contributed by atoms with Crippen molar-refractivity contribution in [1.29, 1.82) is 5.26 Å². The van der Waals surface area contributed by atoms with Crippen molar-refractivity contribution in [2.45, 2.75) is 43.8 Å². The van der Waals surface area contributed by atoms with Crippen LogP contribution < -0.4 is 0 Å². The third kappa shape index (κ3) is 3.39. The number of ether oxygens (including phenoxy) is 1. The van der Waals surface area contributed by atoms with Crippen LogP contribution in [0.5, 0.6) is 0 Å². The summed E-state index contributed by atoms with van der Waals surface area (Å²) in [5, 5.41) is 19.3. The van der Waals surface area contributed by atoms with Crippen LogP contribution in [-0.2, 0) is 4.74 Å². The molecule has 2 heterocycles. The minimum Gasteiger partial charge on any atom is -0.390 e. The maximum Gasteiger partial charge on any atom is 0.253 e. The maximum absolute atomic E-state index is 12.6. The number of hydrogen-bond donors (Lipinski definition) is 1. The summed E-state index contributed by atoms with van der Waals surface area (Å²) in [7, 11) is 0. The van der Waals surface area contributed by atoms with E-state index in [2.05, 4.69) is 6.07 Å². The van der Waals surface area contributed by atoms with E-state index in [4.69, 9.17) is 10.00 Å².